The fraction of sp³-hybridized carbons (Fsp3) is 0.200. The van der Waals surface area contributed by atoms with Crippen molar-refractivity contribution in [2.75, 3.05) is 6.54 Å². The smallest absolute Gasteiger partial charge is 0.111 e. The van der Waals surface area contributed by atoms with Crippen LogP contribution in [0.4, 0.5) is 0 Å². The van der Waals surface area contributed by atoms with Crippen LogP contribution < -0.4 is 5.73 Å². The van der Waals surface area contributed by atoms with Crippen molar-refractivity contribution in [3.8, 4) is 0 Å². The molecule has 0 saturated carbocycles. The monoisotopic (exact) mass is 252 g/mol. The van der Waals surface area contributed by atoms with Gasteiger partial charge in [-0.05, 0) is 30.3 Å². The zero-order valence-electron chi connectivity index (χ0n) is 10.7. The highest BCUT2D eigenvalue weighted by Crippen LogP contribution is 2.17. The Bertz CT molecular complexity index is 673. The number of hydrogen-bond acceptors (Lipinski definition) is 3. The summed E-state index contributed by atoms with van der Waals surface area (Å²) in [4.78, 5) is 8.82. The van der Waals surface area contributed by atoms with E-state index in [1.165, 1.54) is 5.56 Å². The number of fused-ring (bicyclic) bond motifs is 1. The number of nitrogens with two attached hydrogens (primary N) is 1. The van der Waals surface area contributed by atoms with Crippen LogP contribution in [0.25, 0.3) is 11.0 Å². The number of nitrogens with zero attached hydrogens (tertiary/aromatic N) is 3. The third-order valence-electron chi connectivity index (χ3n) is 3.17. The Labute approximate surface area is 111 Å². The Balaban J connectivity index is 2.07. The molecular weight excluding hydrogens is 236 g/mol. The van der Waals surface area contributed by atoms with Gasteiger partial charge in [-0.2, -0.15) is 0 Å². The number of rotatable bonds is 4. The maximum atomic E-state index is 5.68. The van der Waals surface area contributed by atoms with Gasteiger partial charge in [0.05, 0.1) is 17.6 Å². The molecule has 0 unspecified atom stereocenters. The second-order valence-corrected chi connectivity index (χ2v) is 4.50. The maximum Gasteiger partial charge on any atom is 0.111 e. The summed E-state index contributed by atoms with van der Waals surface area (Å²) in [5.41, 5.74) is 9.02. The second kappa shape index (κ2) is 5.20. The summed E-state index contributed by atoms with van der Waals surface area (Å²) in [6.07, 6.45) is 4.46. The molecule has 0 saturated heterocycles. The normalized spacial score (nSPS) is 11.0. The van der Waals surface area contributed by atoms with Crippen molar-refractivity contribution in [3.63, 3.8) is 0 Å². The molecule has 3 aromatic rings. The Morgan fingerprint density at radius 3 is 2.79 bits per heavy atom. The van der Waals surface area contributed by atoms with Crippen molar-refractivity contribution in [1.82, 2.24) is 14.5 Å². The Morgan fingerprint density at radius 2 is 2.00 bits per heavy atom. The van der Waals surface area contributed by atoms with Crippen LogP contribution in [0.5, 0.6) is 0 Å². The number of aromatic nitrogens is 3. The van der Waals surface area contributed by atoms with E-state index in [2.05, 4.69) is 26.7 Å². The minimum Gasteiger partial charge on any atom is -0.330 e. The first-order valence-corrected chi connectivity index (χ1v) is 6.41. The predicted molar refractivity (Wildman–Crippen MR) is 75.8 cm³/mol. The van der Waals surface area contributed by atoms with E-state index in [0.717, 1.165) is 29.8 Å². The minimum absolute atomic E-state index is 0.608. The zero-order chi connectivity index (χ0) is 13.1. The van der Waals surface area contributed by atoms with Crippen LogP contribution >= 0.6 is 0 Å². The lowest BCUT2D eigenvalue weighted by molar-refractivity contribution is 0.732. The Morgan fingerprint density at radius 1 is 1.11 bits per heavy atom. The molecule has 0 spiro atoms. The Kier molecular flexibility index (Phi) is 3.25. The molecule has 0 aliphatic heterocycles. The largest absolute Gasteiger partial charge is 0.330 e. The third-order valence-corrected chi connectivity index (χ3v) is 3.17. The van der Waals surface area contributed by atoms with Gasteiger partial charge in [0.2, 0.25) is 0 Å². The predicted octanol–water partition coefficient (Wildman–Crippen LogP) is 1.98. The van der Waals surface area contributed by atoms with Crippen LogP contribution in [0.3, 0.4) is 0 Å². The summed E-state index contributed by atoms with van der Waals surface area (Å²) >= 11 is 0. The van der Waals surface area contributed by atoms with E-state index in [9.17, 15) is 0 Å². The highest BCUT2D eigenvalue weighted by Gasteiger charge is 2.09. The molecule has 0 fully saturated rings. The molecule has 2 aromatic heterocycles. The van der Waals surface area contributed by atoms with Gasteiger partial charge in [-0.25, -0.2) is 4.98 Å². The van der Waals surface area contributed by atoms with E-state index in [1.807, 2.05) is 30.5 Å². The van der Waals surface area contributed by atoms with Gasteiger partial charge in [0.25, 0.3) is 0 Å². The van der Waals surface area contributed by atoms with Crippen molar-refractivity contribution in [2.24, 2.45) is 5.73 Å². The number of imidazole rings is 1. The third kappa shape index (κ3) is 2.35. The first kappa shape index (κ1) is 11.9. The summed E-state index contributed by atoms with van der Waals surface area (Å²) < 4.78 is 2.22. The molecule has 0 amide bonds. The van der Waals surface area contributed by atoms with Crippen LogP contribution in [-0.2, 0) is 13.0 Å². The molecule has 19 heavy (non-hydrogen) atoms. The van der Waals surface area contributed by atoms with Crippen LogP contribution in [-0.4, -0.2) is 21.1 Å². The standard InChI is InChI=1S/C15H16N4/c16-8-7-15-18-13-5-1-2-6-14(13)19(15)11-12-4-3-9-17-10-12/h1-6,9-10H,7-8,11,16H2. The number of hydrogen-bond donors (Lipinski definition) is 1. The van der Waals surface area contributed by atoms with Gasteiger partial charge in [-0.15, -0.1) is 0 Å². The van der Waals surface area contributed by atoms with Crippen LogP contribution in [0.1, 0.15) is 11.4 Å². The van der Waals surface area contributed by atoms with Gasteiger partial charge in [0.1, 0.15) is 5.82 Å². The molecule has 0 radical (unpaired) electrons. The SMILES string of the molecule is NCCc1nc2ccccc2n1Cc1cccnc1. The number of benzene rings is 1. The average Bonchev–Trinajstić information content (AvgIpc) is 2.79. The molecule has 2 heterocycles. The fourth-order valence-electron chi connectivity index (χ4n) is 2.30. The first-order valence-electron chi connectivity index (χ1n) is 6.41. The van der Waals surface area contributed by atoms with Gasteiger partial charge in [0.15, 0.2) is 0 Å². The molecule has 1 aromatic carbocycles. The molecule has 4 nitrogen and oxygen atoms in total. The molecular formula is C15H16N4. The summed E-state index contributed by atoms with van der Waals surface area (Å²) in [6.45, 7) is 1.39. The summed E-state index contributed by atoms with van der Waals surface area (Å²) in [5, 5.41) is 0. The summed E-state index contributed by atoms with van der Waals surface area (Å²) in [7, 11) is 0. The van der Waals surface area contributed by atoms with Gasteiger partial charge < -0.3 is 10.3 Å². The maximum absolute atomic E-state index is 5.68. The van der Waals surface area contributed by atoms with E-state index < -0.39 is 0 Å². The molecule has 0 aliphatic carbocycles. The van der Waals surface area contributed by atoms with Gasteiger partial charge >= 0.3 is 0 Å². The summed E-state index contributed by atoms with van der Waals surface area (Å²) in [5.74, 6) is 1.03. The zero-order valence-corrected chi connectivity index (χ0v) is 10.7. The minimum atomic E-state index is 0.608. The van der Waals surface area contributed by atoms with E-state index in [1.54, 1.807) is 6.20 Å². The topological polar surface area (TPSA) is 56.7 Å². The average molecular weight is 252 g/mol. The van der Waals surface area contributed by atoms with Crippen molar-refractivity contribution in [3.05, 3.63) is 60.2 Å². The van der Waals surface area contributed by atoms with Crippen LogP contribution in [0.2, 0.25) is 0 Å². The van der Waals surface area contributed by atoms with Crippen molar-refractivity contribution in [2.45, 2.75) is 13.0 Å². The highest BCUT2D eigenvalue weighted by atomic mass is 15.1. The van der Waals surface area contributed by atoms with Crippen LogP contribution in [0, 0.1) is 0 Å². The van der Waals surface area contributed by atoms with Gasteiger partial charge in [-0.3, -0.25) is 4.98 Å². The van der Waals surface area contributed by atoms with Gasteiger partial charge in [-0.1, -0.05) is 18.2 Å². The fourth-order valence-corrected chi connectivity index (χ4v) is 2.30. The summed E-state index contributed by atoms with van der Waals surface area (Å²) in [6, 6.07) is 12.2. The quantitative estimate of drug-likeness (QED) is 0.772. The highest BCUT2D eigenvalue weighted by molar-refractivity contribution is 5.76. The van der Waals surface area contributed by atoms with Gasteiger partial charge in [0, 0.05) is 18.8 Å². The lowest BCUT2D eigenvalue weighted by Crippen LogP contribution is -2.11. The van der Waals surface area contributed by atoms with Crippen molar-refractivity contribution >= 4 is 11.0 Å². The molecule has 0 aliphatic rings. The van der Waals surface area contributed by atoms with Crippen molar-refractivity contribution in [1.29, 1.82) is 0 Å². The van der Waals surface area contributed by atoms with Crippen molar-refractivity contribution < 1.29 is 0 Å². The molecule has 96 valence electrons. The van der Waals surface area contributed by atoms with E-state index >= 15 is 0 Å². The number of pyridine rings is 1. The molecule has 3 rings (SSSR count). The molecule has 0 atom stereocenters. The van der Waals surface area contributed by atoms with E-state index in [4.69, 9.17) is 5.73 Å². The molecule has 2 N–H and O–H groups in total. The lowest BCUT2D eigenvalue weighted by atomic mass is 10.2. The Hall–Kier alpha value is -2.20. The lowest BCUT2D eigenvalue weighted by Gasteiger charge is -2.08. The molecule has 4 heteroatoms. The molecule has 0 bridgehead atoms. The van der Waals surface area contributed by atoms with Crippen LogP contribution in [0.15, 0.2) is 48.8 Å². The first-order chi connectivity index (χ1) is 9.38. The number of para-hydroxylation sites is 2. The second-order valence-electron chi connectivity index (χ2n) is 4.50. The van der Waals surface area contributed by atoms with E-state index in [-0.39, 0.29) is 0 Å². The van der Waals surface area contributed by atoms with E-state index in [0.29, 0.717) is 6.54 Å².